The summed E-state index contributed by atoms with van der Waals surface area (Å²) < 4.78 is 18.8. The van der Waals surface area contributed by atoms with E-state index in [1.807, 2.05) is 0 Å². The number of aliphatic hydroxyl groups is 1. The van der Waals surface area contributed by atoms with Crippen molar-refractivity contribution in [3.8, 4) is 0 Å². The molecule has 3 heterocycles. The SMILES string of the molecule is O[C@H]1COCCN(C2CCN(c3ncc4ccc(F)cc4n3)CC2)C1. The normalized spacial score (nSPS) is 23.8. The second kappa shape index (κ2) is 7.19. The molecule has 2 saturated heterocycles. The zero-order valence-electron chi connectivity index (χ0n) is 14.1. The molecule has 0 amide bonds. The minimum absolute atomic E-state index is 0.280. The van der Waals surface area contributed by atoms with Crippen molar-refractivity contribution >= 4 is 16.9 Å². The molecule has 25 heavy (non-hydrogen) atoms. The molecule has 2 aliphatic rings. The molecule has 7 heteroatoms. The van der Waals surface area contributed by atoms with Gasteiger partial charge < -0.3 is 14.7 Å². The molecule has 4 rings (SSSR count). The molecule has 1 atom stereocenters. The van der Waals surface area contributed by atoms with E-state index < -0.39 is 6.10 Å². The predicted molar refractivity (Wildman–Crippen MR) is 93.1 cm³/mol. The number of halogens is 1. The van der Waals surface area contributed by atoms with Crippen LogP contribution in [-0.2, 0) is 4.74 Å². The molecule has 0 aliphatic carbocycles. The van der Waals surface area contributed by atoms with Crippen molar-refractivity contribution in [1.82, 2.24) is 14.9 Å². The van der Waals surface area contributed by atoms with Crippen molar-refractivity contribution < 1.29 is 14.2 Å². The number of aromatic nitrogens is 2. The fraction of sp³-hybridized carbons (Fsp3) is 0.556. The van der Waals surface area contributed by atoms with E-state index in [0.29, 0.717) is 37.3 Å². The number of aliphatic hydroxyl groups excluding tert-OH is 1. The van der Waals surface area contributed by atoms with E-state index in [1.165, 1.54) is 12.1 Å². The van der Waals surface area contributed by atoms with Crippen LogP contribution in [-0.4, -0.2) is 71.5 Å². The third-order valence-corrected chi connectivity index (χ3v) is 5.07. The molecule has 0 bridgehead atoms. The summed E-state index contributed by atoms with van der Waals surface area (Å²) in [6.07, 6.45) is 3.35. The van der Waals surface area contributed by atoms with E-state index in [9.17, 15) is 9.50 Å². The first kappa shape index (κ1) is 16.6. The second-order valence-corrected chi connectivity index (χ2v) is 6.82. The van der Waals surface area contributed by atoms with Crippen LogP contribution in [0.25, 0.3) is 10.9 Å². The zero-order chi connectivity index (χ0) is 17.2. The topological polar surface area (TPSA) is 61.7 Å². The highest BCUT2D eigenvalue weighted by molar-refractivity contribution is 5.78. The fourth-order valence-electron chi connectivity index (χ4n) is 3.72. The molecule has 1 aromatic carbocycles. The van der Waals surface area contributed by atoms with Gasteiger partial charge in [-0.15, -0.1) is 0 Å². The van der Waals surface area contributed by atoms with E-state index in [0.717, 1.165) is 37.9 Å². The van der Waals surface area contributed by atoms with Crippen LogP contribution >= 0.6 is 0 Å². The Kier molecular flexibility index (Phi) is 4.78. The van der Waals surface area contributed by atoms with Crippen LogP contribution in [0, 0.1) is 5.82 Å². The van der Waals surface area contributed by atoms with Gasteiger partial charge in [0.2, 0.25) is 5.95 Å². The zero-order valence-corrected chi connectivity index (χ0v) is 14.1. The number of hydrogen-bond acceptors (Lipinski definition) is 6. The summed E-state index contributed by atoms with van der Waals surface area (Å²) in [5.41, 5.74) is 0.639. The van der Waals surface area contributed by atoms with Gasteiger partial charge in [-0.25, -0.2) is 14.4 Å². The van der Waals surface area contributed by atoms with Gasteiger partial charge in [-0.1, -0.05) is 0 Å². The monoisotopic (exact) mass is 346 g/mol. The molecule has 0 spiro atoms. The van der Waals surface area contributed by atoms with Crippen molar-refractivity contribution in [3.05, 3.63) is 30.2 Å². The molecular formula is C18H23FN4O2. The van der Waals surface area contributed by atoms with Crippen LogP contribution in [0.5, 0.6) is 0 Å². The Morgan fingerprint density at radius 1 is 1.20 bits per heavy atom. The van der Waals surface area contributed by atoms with Gasteiger partial charge in [-0.05, 0) is 25.0 Å². The number of ether oxygens (including phenoxy) is 1. The van der Waals surface area contributed by atoms with E-state index in [-0.39, 0.29) is 5.82 Å². The average Bonchev–Trinajstić information content (AvgIpc) is 2.86. The highest BCUT2D eigenvalue weighted by atomic mass is 19.1. The van der Waals surface area contributed by atoms with Crippen LogP contribution in [0.2, 0.25) is 0 Å². The van der Waals surface area contributed by atoms with Crippen molar-refractivity contribution in [2.24, 2.45) is 0 Å². The summed E-state index contributed by atoms with van der Waals surface area (Å²) >= 11 is 0. The van der Waals surface area contributed by atoms with Crippen LogP contribution in [0.15, 0.2) is 24.4 Å². The number of hydrogen-bond donors (Lipinski definition) is 1. The van der Waals surface area contributed by atoms with Gasteiger partial charge in [-0.2, -0.15) is 0 Å². The molecule has 134 valence electrons. The first-order chi connectivity index (χ1) is 12.2. The molecule has 6 nitrogen and oxygen atoms in total. The maximum absolute atomic E-state index is 13.4. The average molecular weight is 346 g/mol. The number of benzene rings is 1. The van der Waals surface area contributed by atoms with Crippen molar-refractivity contribution in [2.75, 3.05) is 44.3 Å². The Hall–Kier alpha value is -1.83. The third kappa shape index (κ3) is 3.73. The highest BCUT2D eigenvalue weighted by Crippen LogP contribution is 2.22. The summed E-state index contributed by atoms with van der Waals surface area (Å²) in [6, 6.07) is 5.03. The Labute approximate surface area is 146 Å². The lowest BCUT2D eigenvalue weighted by Crippen LogP contribution is -2.47. The largest absolute Gasteiger partial charge is 0.389 e. The van der Waals surface area contributed by atoms with E-state index in [1.54, 1.807) is 12.3 Å². The number of nitrogens with zero attached hydrogens (tertiary/aromatic N) is 4. The number of β-amino-alcohol motifs (C(OH)–C–C–N with tert-alkyl or cyclic N) is 1. The number of piperidine rings is 1. The van der Waals surface area contributed by atoms with Gasteiger partial charge in [0.15, 0.2) is 0 Å². The Morgan fingerprint density at radius 3 is 2.88 bits per heavy atom. The van der Waals surface area contributed by atoms with Gasteiger partial charge in [0.05, 0.1) is 24.8 Å². The standard InChI is InChI=1S/C18H23FN4O2/c19-14-2-1-13-10-20-18(21-17(13)9-14)22-5-3-15(4-6-22)23-7-8-25-12-16(24)11-23/h1-2,9-10,15-16,24H,3-8,11-12H2/t16-/m1/s1. The number of rotatable bonds is 2. The predicted octanol–water partition coefficient (Wildman–Crippen LogP) is 1.43. The summed E-state index contributed by atoms with van der Waals surface area (Å²) in [4.78, 5) is 13.5. The third-order valence-electron chi connectivity index (χ3n) is 5.07. The lowest BCUT2D eigenvalue weighted by atomic mass is 10.0. The fourth-order valence-corrected chi connectivity index (χ4v) is 3.72. The highest BCUT2D eigenvalue weighted by Gasteiger charge is 2.28. The summed E-state index contributed by atoms with van der Waals surface area (Å²) in [5, 5.41) is 10.8. The molecule has 1 N–H and O–H groups in total. The molecular weight excluding hydrogens is 323 g/mol. The van der Waals surface area contributed by atoms with Gasteiger partial charge in [0.25, 0.3) is 0 Å². The van der Waals surface area contributed by atoms with Crippen LogP contribution in [0.3, 0.4) is 0 Å². The van der Waals surface area contributed by atoms with Gasteiger partial charge in [-0.3, -0.25) is 4.90 Å². The maximum atomic E-state index is 13.4. The summed E-state index contributed by atoms with van der Waals surface area (Å²) in [6.45, 7) is 4.37. The Balaban J connectivity index is 1.43. The molecule has 2 aliphatic heterocycles. The Bertz CT molecular complexity index is 736. The minimum atomic E-state index is -0.403. The van der Waals surface area contributed by atoms with Crippen molar-refractivity contribution in [3.63, 3.8) is 0 Å². The smallest absolute Gasteiger partial charge is 0.225 e. The van der Waals surface area contributed by atoms with E-state index in [2.05, 4.69) is 19.8 Å². The van der Waals surface area contributed by atoms with Gasteiger partial charge in [0.1, 0.15) is 5.82 Å². The second-order valence-electron chi connectivity index (χ2n) is 6.82. The van der Waals surface area contributed by atoms with Gasteiger partial charge >= 0.3 is 0 Å². The molecule has 0 saturated carbocycles. The summed E-state index contributed by atoms with van der Waals surface area (Å²) in [5.74, 6) is 0.383. The summed E-state index contributed by atoms with van der Waals surface area (Å²) in [7, 11) is 0. The van der Waals surface area contributed by atoms with Crippen molar-refractivity contribution in [2.45, 2.75) is 25.0 Å². The van der Waals surface area contributed by atoms with Crippen LogP contribution in [0.4, 0.5) is 10.3 Å². The molecule has 0 radical (unpaired) electrons. The Morgan fingerprint density at radius 2 is 2.04 bits per heavy atom. The van der Waals surface area contributed by atoms with E-state index >= 15 is 0 Å². The van der Waals surface area contributed by atoms with Crippen molar-refractivity contribution in [1.29, 1.82) is 0 Å². The van der Waals surface area contributed by atoms with Crippen LogP contribution in [0.1, 0.15) is 12.8 Å². The number of fused-ring (bicyclic) bond motifs is 1. The molecule has 2 fully saturated rings. The number of anilines is 1. The minimum Gasteiger partial charge on any atom is -0.389 e. The lowest BCUT2D eigenvalue weighted by molar-refractivity contribution is 0.0534. The lowest BCUT2D eigenvalue weighted by Gasteiger charge is -2.38. The molecule has 1 aromatic heterocycles. The van der Waals surface area contributed by atoms with E-state index in [4.69, 9.17) is 4.74 Å². The molecule has 0 unspecified atom stereocenters. The molecule has 2 aromatic rings. The first-order valence-corrected chi connectivity index (χ1v) is 8.86. The maximum Gasteiger partial charge on any atom is 0.225 e. The quantitative estimate of drug-likeness (QED) is 0.888. The first-order valence-electron chi connectivity index (χ1n) is 8.86. The van der Waals surface area contributed by atoms with Gasteiger partial charge in [0, 0.05) is 49.9 Å². The van der Waals surface area contributed by atoms with Crippen LogP contribution < -0.4 is 4.90 Å².